The van der Waals surface area contributed by atoms with Crippen LogP contribution in [0.15, 0.2) is 24.3 Å². The lowest BCUT2D eigenvalue weighted by Crippen LogP contribution is -2.30. The highest BCUT2D eigenvalue weighted by Crippen LogP contribution is 2.10. The summed E-state index contributed by atoms with van der Waals surface area (Å²) in [6, 6.07) is 7.59. The zero-order valence-corrected chi connectivity index (χ0v) is 9.98. The van der Waals surface area contributed by atoms with Crippen LogP contribution in [0, 0.1) is 0 Å². The number of aliphatic carboxylic acids is 1. The van der Waals surface area contributed by atoms with Gasteiger partial charge in [0, 0.05) is 25.6 Å². The van der Waals surface area contributed by atoms with Crippen molar-refractivity contribution in [2.24, 2.45) is 0 Å². The first-order valence-electron chi connectivity index (χ1n) is 5.94. The van der Waals surface area contributed by atoms with Crippen molar-refractivity contribution in [2.45, 2.75) is 25.4 Å². The molecular formula is C13H16N2O3. The number of carboxylic acids is 1. The average Bonchev–Trinajstić information content (AvgIpc) is 2.73. The molecule has 1 aliphatic rings. The molecule has 0 saturated carbocycles. The second kappa shape index (κ2) is 5.64. The van der Waals surface area contributed by atoms with Crippen LogP contribution in [0.2, 0.25) is 0 Å². The molecule has 0 radical (unpaired) electrons. The molecule has 2 rings (SSSR count). The standard InChI is InChI=1S/C13H16N2O3/c16-12-6-11(8-15-12)14-7-10-4-2-1-3-9(10)5-13(17)18/h1-4,11,14H,5-8H2,(H,15,16)(H,17,18). The molecule has 1 saturated heterocycles. The van der Waals surface area contributed by atoms with E-state index in [1.807, 2.05) is 24.3 Å². The molecular weight excluding hydrogens is 232 g/mol. The quantitative estimate of drug-likeness (QED) is 0.700. The minimum atomic E-state index is -0.833. The molecule has 1 fully saturated rings. The van der Waals surface area contributed by atoms with E-state index in [2.05, 4.69) is 10.6 Å². The molecule has 1 unspecified atom stereocenters. The number of carboxylic acid groups (broad SMARTS) is 1. The lowest BCUT2D eigenvalue weighted by atomic mass is 10.0. The molecule has 1 heterocycles. The van der Waals surface area contributed by atoms with Crippen LogP contribution in [-0.2, 0) is 22.6 Å². The van der Waals surface area contributed by atoms with Crippen molar-refractivity contribution in [1.82, 2.24) is 10.6 Å². The van der Waals surface area contributed by atoms with Crippen molar-refractivity contribution in [2.75, 3.05) is 6.54 Å². The number of carbonyl (C=O) groups is 2. The van der Waals surface area contributed by atoms with Gasteiger partial charge in [-0.2, -0.15) is 0 Å². The first kappa shape index (κ1) is 12.6. The average molecular weight is 248 g/mol. The van der Waals surface area contributed by atoms with Crippen LogP contribution in [0.25, 0.3) is 0 Å². The number of hydrogen-bond acceptors (Lipinski definition) is 3. The maximum Gasteiger partial charge on any atom is 0.307 e. The van der Waals surface area contributed by atoms with Crippen molar-refractivity contribution in [3.05, 3.63) is 35.4 Å². The Morgan fingerprint density at radius 1 is 1.39 bits per heavy atom. The Morgan fingerprint density at radius 3 is 2.72 bits per heavy atom. The number of hydrogen-bond donors (Lipinski definition) is 3. The topological polar surface area (TPSA) is 78.4 Å². The summed E-state index contributed by atoms with van der Waals surface area (Å²) in [5.74, 6) is -0.772. The van der Waals surface area contributed by atoms with Gasteiger partial charge in [0.2, 0.25) is 5.91 Å². The fourth-order valence-corrected chi connectivity index (χ4v) is 2.07. The Balaban J connectivity index is 1.96. The van der Waals surface area contributed by atoms with Crippen molar-refractivity contribution in [3.63, 3.8) is 0 Å². The lowest BCUT2D eigenvalue weighted by molar-refractivity contribution is -0.136. The second-order valence-electron chi connectivity index (χ2n) is 4.43. The Bertz CT molecular complexity index is 459. The SMILES string of the molecule is O=C(O)Cc1ccccc1CNC1CNC(=O)C1. The summed E-state index contributed by atoms with van der Waals surface area (Å²) >= 11 is 0. The van der Waals surface area contributed by atoms with Crippen molar-refractivity contribution >= 4 is 11.9 Å². The molecule has 1 aromatic carbocycles. The maximum atomic E-state index is 11.0. The van der Waals surface area contributed by atoms with E-state index < -0.39 is 5.97 Å². The Hall–Kier alpha value is -1.88. The molecule has 0 spiro atoms. The fraction of sp³-hybridized carbons (Fsp3) is 0.385. The molecule has 0 aliphatic carbocycles. The van der Waals surface area contributed by atoms with Gasteiger partial charge in [-0.1, -0.05) is 24.3 Å². The highest BCUT2D eigenvalue weighted by Gasteiger charge is 2.20. The summed E-state index contributed by atoms with van der Waals surface area (Å²) in [4.78, 5) is 21.8. The first-order chi connectivity index (χ1) is 8.65. The summed E-state index contributed by atoms with van der Waals surface area (Å²) in [5.41, 5.74) is 1.79. The van der Waals surface area contributed by atoms with Crippen LogP contribution in [0.3, 0.4) is 0 Å². The van der Waals surface area contributed by atoms with Crippen molar-refractivity contribution in [1.29, 1.82) is 0 Å². The first-order valence-corrected chi connectivity index (χ1v) is 5.94. The Labute approximate surface area is 105 Å². The van der Waals surface area contributed by atoms with E-state index in [1.54, 1.807) is 0 Å². The van der Waals surface area contributed by atoms with E-state index in [-0.39, 0.29) is 18.4 Å². The van der Waals surface area contributed by atoms with Gasteiger partial charge in [-0.25, -0.2) is 0 Å². The molecule has 0 bridgehead atoms. The maximum absolute atomic E-state index is 11.0. The summed E-state index contributed by atoms with van der Waals surface area (Å²) in [6.07, 6.45) is 0.515. The Morgan fingerprint density at radius 2 is 2.11 bits per heavy atom. The summed E-state index contributed by atoms with van der Waals surface area (Å²) in [7, 11) is 0. The third-order valence-electron chi connectivity index (χ3n) is 3.02. The van der Waals surface area contributed by atoms with E-state index in [1.165, 1.54) is 0 Å². The highest BCUT2D eigenvalue weighted by molar-refractivity contribution is 5.78. The Kier molecular flexibility index (Phi) is 3.94. The van der Waals surface area contributed by atoms with Crippen molar-refractivity contribution < 1.29 is 14.7 Å². The van der Waals surface area contributed by atoms with Gasteiger partial charge in [0.05, 0.1) is 6.42 Å². The predicted octanol–water partition coefficient (Wildman–Crippen LogP) is 0.292. The zero-order chi connectivity index (χ0) is 13.0. The second-order valence-corrected chi connectivity index (χ2v) is 4.43. The molecule has 96 valence electrons. The van der Waals surface area contributed by atoms with Crippen LogP contribution in [-0.4, -0.2) is 29.6 Å². The lowest BCUT2D eigenvalue weighted by Gasteiger charge is -2.12. The molecule has 1 amide bonds. The minimum absolute atomic E-state index is 0.0275. The molecule has 3 N–H and O–H groups in total. The third-order valence-corrected chi connectivity index (χ3v) is 3.02. The number of carbonyl (C=O) groups excluding carboxylic acids is 1. The van der Waals surface area contributed by atoms with Crippen molar-refractivity contribution in [3.8, 4) is 0 Å². The van der Waals surface area contributed by atoms with Gasteiger partial charge < -0.3 is 15.7 Å². The number of rotatable bonds is 5. The number of benzene rings is 1. The van der Waals surface area contributed by atoms with Gasteiger partial charge in [0.15, 0.2) is 0 Å². The van der Waals surface area contributed by atoms with E-state index >= 15 is 0 Å². The van der Waals surface area contributed by atoms with E-state index in [9.17, 15) is 9.59 Å². The van der Waals surface area contributed by atoms with Gasteiger partial charge in [0.1, 0.15) is 0 Å². The largest absolute Gasteiger partial charge is 0.481 e. The van der Waals surface area contributed by atoms with Crippen LogP contribution >= 0.6 is 0 Å². The molecule has 5 nitrogen and oxygen atoms in total. The molecule has 1 atom stereocenters. The normalized spacial score (nSPS) is 18.7. The van der Waals surface area contributed by atoms with Crippen LogP contribution < -0.4 is 10.6 Å². The van der Waals surface area contributed by atoms with Gasteiger partial charge >= 0.3 is 5.97 Å². The monoisotopic (exact) mass is 248 g/mol. The van der Waals surface area contributed by atoms with Gasteiger partial charge in [-0.3, -0.25) is 9.59 Å². The minimum Gasteiger partial charge on any atom is -0.481 e. The number of amides is 1. The predicted molar refractivity (Wildman–Crippen MR) is 66.0 cm³/mol. The molecule has 5 heteroatoms. The van der Waals surface area contributed by atoms with Gasteiger partial charge in [0.25, 0.3) is 0 Å². The van der Waals surface area contributed by atoms with Crippen LogP contribution in [0.1, 0.15) is 17.5 Å². The molecule has 1 aliphatic heterocycles. The summed E-state index contributed by atoms with van der Waals surface area (Å²) < 4.78 is 0. The summed E-state index contributed by atoms with van der Waals surface area (Å²) in [5, 5.41) is 14.9. The fourth-order valence-electron chi connectivity index (χ4n) is 2.07. The smallest absolute Gasteiger partial charge is 0.307 e. The summed E-state index contributed by atoms with van der Waals surface area (Å²) in [6.45, 7) is 1.23. The highest BCUT2D eigenvalue weighted by atomic mass is 16.4. The van der Waals surface area contributed by atoms with E-state index in [4.69, 9.17) is 5.11 Å². The molecule has 18 heavy (non-hydrogen) atoms. The van der Waals surface area contributed by atoms with E-state index in [0.717, 1.165) is 11.1 Å². The van der Waals surface area contributed by atoms with Crippen LogP contribution in [0.4, 0.5) is 0 Å². The molecule has 0 aromatic heterocycles. The van der Waals surface area contributed by atoms with Gasteiger partial charge in [-0.15, -0.1) is 0 Å². The molecule has 1 aromatic rings. The third kappa shape index (κ3) is 3.30. The van der Waals surface area contributed by atoms with Crippen LogP contribution in [0.5, 0.6) is 0 Å². The van der Waals surface area contributed by atoms with Gasteiger partial charge in [-0.05, 0) is 11.1 Å². The van der Waals surface area contributed by atoms with E-state index in [0.29, 0.717) is 19.5 Å². The number of nitrogens with one attached hydrogen (secondary N) is 2. The zero-order valence-electron chi connectivity index (χ0n) is 9.98.